The molecule has 0 atom stereocenters. The molecular weight excluding hydrogens is 420 g/mol. The number of benzene rings is 2. The molecule has 0 aliphatic rings. The second-order valence-corrected chi connectivity index (χ2v) is 8.04. The highest BCUT2D eigenvalue weighted by Gasteiger charge is 2.22. The third kappa shape index (κ3) is 5.31. The van der Waals surface area contributed by atoms with Gasteiger partial charge in [-0.05, 0) is 42.0 Å². The molecule has 9 nitrogen and oxygen atoms in total. The van der Waals surface area contributed by atoms with Crippen molar-refractivity contribution in [1.82, 2.24) is 4.98 Å². The standard InChI is InChI=1S/C21H18N4O5S/c1-31(28,29)30-21(27)17-6-3-2-5-15(17)16-7-4-12-24-18(16)20(26)25-14-10-8-13(9-11-14)19(22)23/h2-12H,1H3,(H3,22,23)(H,25,26). The smallest absolute Gasteiger partial charge is 0.354 e. The van der Waals surface area contributed by atoms with Crippen LogP contribution in [0.5, 0.6) is 0 Å². The van der Waals surface area contributed by atoms with Gasteiger partial charge in [-0.15, -0.1) is 0 Å². The second-order valence-electron chi connectivity index (χ2n) is 6.47. The van der Waals surface area contributed by atoms with Crippen LogP contribution >= 0.6 is 0 Å². The minimum absolute atomic E-state index is 0.0257. The lowest BCUT2D eigenvalue weighted by atomic mass is 9.98. The molecule has 0 unspecified atom stereocenters. The molecule has 1 heterocycles. The molecule has 0 spiro atoms. The van der Waals surface area contributed by atoms with Gasteiger partial charge in [-0.2, -0.15) is 8.42 Å². The molecule has 1 aromatic heterocycles. The number of hydrogen-bond acceptors (Lipinski definition) is 7. The first-order valence-corrected chi connectivity index (χ1v) is 10.7. The lowest BCUT2D eigenvalue weighted by Crippen LogP contribution is -2.17. The van der Waals surface area contributed by atoms with E-state index in [-0.39, 0.29) is 17.1 Å². The number of amides is 1. The maximum atomic E-state index is 12.9. The van der Waals surface area contributed by atoms with Crippen molar-refractivity contribution in [3.63, 3.8) is 0 Å². The molecule has 0 aliphatic heterocycles. The van der Waals surface area contributed by atoms with E-state index in [2.05, 4.69) is 14.5 Å². The molecule has 0 bridgehead atoms. The number of rotatable bonds is 6. The number of carbonyl (C=O) groups is 2. The van der Waals surface area contributed by atoms with Gasteiger partial charge in [0.1, 0.15) is 11.5 Å². The zero-order valence-electron chi connectivity index (χ0n) is 16.3. The Kier molecular flexibility index (Phi) is 6.12. The number of anilines is 1. The average Bonchev–Trinajstić information content (AvgIpc) is 2.73. The van der Waals surface area contributed by atoms with Gasteiger partial charge in [0.05, 0.1) is 11.8 Å². The minimum atomic E-state index is -4.02. The van der Waals surface area contributed by atoms with Crippen molar-refractivity contribution in [2.75, 3.05) is 11.6 Å². The van der Waals surface area contributed by atoms with Gasteiger partial charge in [0.15, 0.2) is 0 Å². The normalized spacial score (nSPS) is 10.9. The largest absolute Gasteiger partial charge is 0.384 e. The van der Waals surface area contributed by atoms with Gasteiger partial charge in [-0.1, -0.05) is 24.3 Å². The number of nitrogens with two attached hydrogens (primary N) is 1. The zero-order chi connectivity index (χ0) is 22.6. The van der Waals surface area contributed by atoms with Gasteiger partial charge >= 0.3 is 16.1 Å². The first-order valence-electron chi connectivity index (χ1n) is 8.90. The summed E-state index contributed by atoms with van der Waals surface area (Å²) in [6.45, 7) is 0. The van der Waals surface area contributed by atoms with Crippen molar-refractivity contribution < 1.29 is 22.2 Å². The van der Waals surface area contributed by atoms with Crippen LogP contribution in [0.1, 0.15) is 26.4 Å². The molecule has 3 aromatic rings. The van der Waals surface area contributed by atoms with Crippen LogP contribution in [0.25, 0.3) is 11.1 Å². The maximum absolute atomic E-state index is 12.9. The van der Waals surface area contributed by atoms with Crippen LogP contribution in [0.15, 0.2) is 66.9 Å². The third-order valence-corrected chi connectivity index (χ3v) is 4.59. The molecule has 1 amide bonds. The molecule has 0 aliphatic carbocycles. The van der Waals surface area contributed by atoms with Crippen LogP contribution in [0.4, 0.5) is 5.69 Å². The Morgan fingerprint density at radius 3 is 2.29 bits per heavy atom. The minimum Gasteiger partial charge on any atom is -0.384 e. The Morgan fingerprint density at radius 2 is 1.65 bits per heavy atom. The van der Waals surface area contributed by atoms with Crippen molar-refractivity contribution in [2.45, 2.75) is 0 Å². The molecular formula is C21H18N4O5S. The summed E-state index contributed by atoms with van der Waals surface area (Å²) in [5.74, 6) is -1.70. The maximum Gasteiger partial charge on any atom is 0.354 e. The quantitative estimate of drug-likeness (QED) is 0.303. The van der Waals surface area contributed by atoms with E-state index < -0.39 is 22.0 Å². The van der Waals surface area contributed by atoms with Crippen molar-refractivity contribution in [3.8, 4) is 11.1 Å². The highest BCUT2D eigenvalue weighted by molar-refractivity contribution is 7.86. The Morgan fingerprint density at radius 1 is 1.00 bits per heavy atom. The highest BCUT2D eigenvalue weighted by Crippen LogP contribution is 2.27. The predicted molar refractivity (Wildman–Crippen MR) is 115 cm³/mol. The molecule has 0 saturated heterocycles. The molecule has 4 N–H and O–H groups in total. The van der Waals surface area contributed by atoms with Crippen molar-refractivity contribution in [1.29, 1.82) is 5.41 Å². The van der Waals surface area contributed by atoms with Gasteiger partial charge in [-0.3, -0.25) is 15.2 Å². The average molecular weight is 438 g/mol. The lowest BCUT2D eigenvalue weighted by Gasteiger charge is -2.12. The van der Waals surface area contributed by atoms with E-state index in [9.17, 15) is 18.0 Å². The summed E-state index contributed by atoms with van der Waals surface area (Å²) in [5.41, 5.74) is 7.00. The summed E-state index contributed by atoms with van der Waals surface area (Å²) >= 11 is 0. The number of nitrogen functional groups attached to an aromatic ring is 1. The van der Waals surface area contributed by atoms with E-state index in [1.165, 1.54) is 12.3 Å². The van der Waals surface area contributed by atoms with E-state index in [0.29, 0.717) is 22.4 Å². The lowest BCUT2D eigenvalue weighted by molar-refractivity contribution is 0.0748. The summed E-state index contributed by atoms with van der Waals surface area (Å²) in [6, 6.07) is 15.7. The topological polar surface area (TPSA) is 152 Å². The first kappa shape index (κ1) is 21.7. The van der Waals surface area contributed by atoms with Crippen LogP contribution in [0.3, 0.4) is 0 Å². The molecule has 31 heavy (non-hydrogen) atoms. The summed E-state index contributed by atoms with van der Waals surface area (Å²) < 4.78 is 27.2. The van der Waals surface area contributed by atoms with Crippen LogP contribution in [0.2, 0.25) is 0 Å². The summed E-state index contributed by atoms with van der Waals surface area (Å²) in [7, 11) is -4.02. The SMILES string of the molecule is CS(=O)(=O)OC(=O)c1ccccc1-c1cccnc1C(=O)Nc1ccc(C(=N)N)cc1. The third-order valence-electron chi connectivity index (χ3n) is 4.14. The number of aromatic nitrogens is 1. The van der Waals surface area contributed by atoms with E-state index in [1.54, 1.807) is 54.6 Å². The second kappa shape index (κ2) is 8.76. The Hall–Kier alpha value is -4.05. The molecule has 0 fully saturated rings. The van der Waals surface area contributed by atoms with E-state index >= 15 is 0 Å². The molecule has 0 saturated carbocycles. The van der Waals surface area contributed by atoms with Gasteiger partial charge in [0, 0.05) is 23.0 Å². The van der Waals surface area contributed by atoms with Gasteiger partial charge in [0.25, 0.3) is 5.91 Å². The van der Waals surface area contributed by atoms with Crippen molar-refractivity contribution >= 4 is 33.5 Å². The number of amidine groups is 1. The molecule has 10 heteroatoms. The summed E-state index contributed by atoms with van der Waals surface area (Å²) in [4.78, 5) is 29.4. The summed E-state index contributed by atoms with van der Waals surface area (Å²) in [6.07, 6.45) is 2.20. The number of carbonyl (C=O) groups excluding carboxylic acids is 2. The monoisotopic (exact) mass is 438 g/mol. The molecule has 158 valence electrons. The number of nitrogens with one attached hydrogen (secondary N) is 2. The Balaban J connectivity index is 1.97. The number of nitrogens with zero attached hydrogens (tertiary/aromatic N) is 1. The fraction of sp³-hybridized carbons (Fsp3) is 0.0476. The fourth-order valence-electron chi connectivity index (χ4n) is 2.81. The fourth-order valence-corrected chi connectivity index (χ4v) is 3.17. The Bertz CT molecular complexity index is 1270. The van der Waals surface area contributed by atoms with E-state index in [1.807, 2.05) is 0 Å². The van der Waals surface area contributed by atoms with Crippen LogP contribution in [0, 0.1) is 5.41 Å². The van der Waals surface area contributed by atoms with Crippen LogP contribution in [-0.4, -0.2) is 37.4 Å². The number of pyridine rings is 1. The highest BCUT2D eigenvalue weighted by atomic mass is 32.2. The Labute approximate surface area is 178 Å². The molecule has 3 rings (SSSR count). The van der Waals surface area contributed by atoms with Crippen molar-refractivity contribution in [2.24, 2.45) is 5.73 Å². The molecule has 2 aromatic carbocycles. The van der Waals surface area contributed by atoms with Crippen molar-refractivity contribution in [3.05, 3.63) is 83.7 Å². The summed E-state index contributed by atoms with van der Waals surface area (Å²) in [5, 5.41) is 10.1. The van der Waals surface area contributed by atoms with Crippen LogP contribution in [-0.2, 0) is 14.3 Å². The van der Waals surface area contributed by atoms with Crippen LogP contribution < -0.4 is 11.1 Å². The van der Waals surface area contributed by atoms with E-state index in [0.717, 1.165) is 6.26 Å². The first-order chi connectivity index (χ1) is 14.7. The van der Waals surface area contributed by atoms with Gasteiger partial charge in [-0.25, -0.2) is 4.79 Å². The number of hydrogen-bond donors (Lipinski definition) is 3. The van der Waals surface area contributed by atoms with E-state index in [4.69, 9.17) is 11.1 Å². The van der Waals surface area contributed by atoms with Gasteiger partial charge in [0.2, 0.25) is 0 Å². The van der Waals surface area contributed by atoms with Gasteiger partial charge < -0.3 is 15.2 Å². The zero-order valence-corrected chi connectivity index (χ0v) is 17.1. The molecule has 0 radical (unpaired) electrons. The predicted octanol–water partition coefficient (Wildman–Crippen LogP) is 2.40.